The molecule has 1 rings (SSSR count). The summed E-state index contributed by atoms with van der Waals surface area (Å²) < 4.78 is 0. The first-order valence-corrected chi connectivity index (χ1v) is 7.64. The van der Waals surface area contributed by atoms with E-state index in [9.17, 15) is 0 Å². The second-order valence-corrected chi connectivity index (χ2v) is 5.23. The fraction of sp³-hybridized carbons (Fsp3) is 0.706. The Hall–Kier alpha value is 0.813. The maximum atomic E-state index is 2.28. The third kappa shape index (κ3) is 15.2. The van der Waals surface area contributed by atoms with Crippen molar-refractivity contribution in [3.8, 4) is 0 Å². The molecule has 115 valence electrons. The van der Waals surface area contributed by atoms with E-state index in [-0.39, 0.29) is 51.0 Å². The first-order valence-electron chi connectivity index (χ1n) is 7.64. The molecule has 0 aromatic heterocycles. The summed E-state index contributed by atoms with van der Waals surface area (Å²) in [5, 5.41) is 0. The monoisotopic (exact) mass is 393 g/mol. The summed E-state index contributed by atoms with van der Waals surface area (Å²) >= 11 is 0. The van der Waals surface area contributed by atoms with Gasteiger partial charge in [-0.3, -0.25) is 0 Å². The molecule has 0 saturated carbocycles. The van der Waals surface area contributed by atoms with Crippen LogP contribution >= 0.6 is 0 Å². The minimum Gasteiger partial charge on any atom is -1.00 e. The van der Waals surface area contributed by atoms with Crippen LogP contribution in [0.5, 0.6) is 0 Å². The fourth-order valence-corrected chi connectivity index (χ4v) is 2.40. The van der Waals surface area contributed by atoms with Gasteiger partial charge in [0, 0.05) is 0 Å². The van der Waals surface area contributed by atoms with Crippen molar-refractivity contribution in [1.82, 2.24) is 0 Å². The zero-order chi connectivity index (χ0) is 12.2. The number of hydrogen-bond acceptors (Lipinski definition) is 0. The van der Waals surface area contributed by atoms with E-state index < -0.39 is 0 Å². The van der Waals surface area contributed by atoms with Gasteiger partial charge in [0.2, 0.25) is 0 Å². The molecule has 0 unspecified atom stereocenters. The first kappa shape index (κ1) is 25.7. The molecule has 1 aromatic carbocycles. The van der Waals surface area contributed by atoms with Crippen molar-refractivity contribution in [3.63, 3.8) is 0 Å². The topological polar surface area (TPSA) is 0 Å². The van der Waals surface area contributed by atoms with Crippen LogP contribution in [0.25, 0.3) is 0 Å². The third-order valence-electron chi connectivity index (χ3n) is 3.55. The van der Waals surface area contributed by atoms with Crippen molar-refractivity contribution >= 4 is 0 Å². The molecule has 0 heterocycles. The molecule has 0 aliphatic heterocycles. The molecule has 0 aliphatic rings. The van der Waals surface area contributed by atoms with Crippen molar-refractivity contribution in [2.75, 3.05) is 0 Å². The van der Waals surface area contributed by atoms with E-state index in [0.717, 1.165) is 0 Å². The minimum atomic E-state index is 0. The normalized spacial score (nSPS) is 9.25. The van der Waals surface area contributed by atoms with E-state index >= 15 is 0 Å². The Labute approximate surface area is 157 Å². The molecule has 0 saturated heterocycles. The van der Waals surface area contributed by atoms with E-state index in [1.807, 2.05) is 0 Å². The van der Waals surface area contributed by atoms with Gasteiger partial charge in [-0.05, 0) is 0 Å². The predicted molar refractivity (Wildman–Crippen MR) is 77.6 cm³/mol. The number of aryl methyl sites for hydroxylation is 1. The Bertz CT molecular complexity index is 248. The average Bonchev–Trinajstić information content (AvgIpc) is 2.85. The Morgan fingerprint density at radius 2 is 1.05 bits per heavy atom. The van der Waals surface area contributed by atoms with Crippen LogP contribution in [0.3, 0.4) is 0 Å². The molecule has 0 aliphatic carbocycles. The summed E-state index contributed by atoms with van der Waals surface area (Å²) in [7, 11) is 0. The fourth-order valence-electron chi connectivity index (χ4n) is 2.40. The smallest absolute Gasteiger partial charge is 1.00 e. The van der Waals surface area contributed by atoms with Crippen molar-refractivity contribution in [1.29, 1.82) is 0 Å². The largest absolute Gasteiger partial charge is 3.00 e. The van der Waals surface area contributed by atoms with Crippen LogP contribution in [0.15, 0.2) is 24.3 Å². The van der Waals surface area contributed by atoms with Gasteiger partial charge in [-0.1, -0.05) is 77.6 Å². The van der Waals surface area contributed by atoms with E-state index in [0.29, 0.717) is 0 Å². The molecule has 0 amide bonds. The Morgan fingerprint density at radius 1 is 0.650 bits per heavy atom. The van der Waals surface area contributed by atoms with Gasteiger partial charge in [-0.15, -0.1) is 0 Å². The maximum absolute atomic E-state index is 2.28. The zero-order valence-corrected chi connectivity index (χ0v) is 16.8. The van der Waals surface area contributed by atoms with Crippen LogP contribution in [-0.2, 0) is 32.6 Å². The van der Waals surface area contributed by atoms with E-state index in [1.54, 1.807) is 0 Å². The minimum absolute atomic E-state index is 0. The molecule has 0 fully saturated rings. The van der Waals surface area contributed by atoms with Crippen molar-refractivity contribution in [2.45, 2.75) is 77.6 Å². The predicted octanol–water partition coefficient (Wildman–Crippen LogP) is -0.126. The SMILES string of the molecule is CCCCCCCCCCCC[c-]1cccc1.[Cl-].[Cl-].[Zr+3]. The number of halogens is 2. The molecular weight excluding hydrogens is 366 g/mol. The molecule has 20 heavy (non-hydrogen) atoms. The van der Waals surface area contributed by atoms with E-state index in [2.05, 4.69) is 31.2 Å². The Morgan fingerprint density at radius 3 is 1.50 bits per heavy atom. The average molecular weight is 396 g/mol. The van der Waals surface area contributed by atoms with Crippen LogP contribution in [0.2, 0.25) is 0 Å². The molecule has 0 atom stereocenters. The van der Waals surface area contributed by atoms with Crippen LogP contribution in [0, 0.1) is 0 Å². The molecule has 0 N–H and O–H groups in total. The summed E-state index contributed by atoms with van der Waals surface area (Å²) in [4.78, 5) is 0. The second kappa shape index (κ2) is 19.8. The van der Waals surface area contributed by atoms with Crippen LogP contribution < -0.4 is 24.8 Å². The molecule has 3 heteroatoms. The van der Waals surface area contributed by atoms with E-state index in [4.69, 9.17) is 0 Å². The summed E-state index contributed by atoms with van der Waals surface area (Å²) in [5.41, 5.74) is 1.52. The molecule has 1 radical (unpaired) electrons. The second-order valence-electron chi connectivity index (χ2n) is 5.23. The Kier molecular flexibility index (Phi) is 25.5. The summed E-state index contributed by atoms with van der Waals surface area (Å²) in [5.74, 6) is 0. The van der Waals surface area contributed by atoms with Gasteiger partial charge in [-0.2, -0.15) is 17.7 Å². The first-order chi connectivity index (χ1) is 8.43. The summed E-state index contributed by atoms with van der Waals surface area (Å²) in [6.07, 6.45) is 15.6. The van der Waals surface area contributed by atoms with Crippen molar-refractivity contribution < 1.29 is 51.0 Å². The quantitative estimate of drug-likeness (QED) is 0.362. The number of unbranched alkanes of at least 4 members (excludes halogenated alkanes) is 9. The van der Waals surface area contributed by atoms with Crippen LogP contribution in [0.1, 0.15) is 76.7 Å². The molecular formula is C17H29Cl2Zr. The van der Waals surface area contributed by atoms with Crippen LogP contribution in [0.4, 0.5) is 0 Å². The zero-order valence-electron chi connectivity index (χ0n) is 12.8. The molecule has 0 bridgehead atoms. The third-order valence-corrected chi connectivity index (χ3v) is 3.55. The molecule has 0 spiro atoms. The van der Waals surface area contributed by atoms with Gasteiger partial charge in [0.15, 0.2) is 0 Å². The van der Waals surface area contributed by atoms with Gasteiger partial charge in [0.1, 0.15) is 0 Å². The van der Waals surface area contributed by atoms with Gasteiger partial charge in [0.05, 0.1) is 0 Å². The van der Waals surface area contributed by atoms with Crippen LogP contribution in [-0.4, -0.2) is 0 Å². The molecule has 1 aromatic rings. The standard InChI is InChI=1S/C17H29.2ClH.Zr/c1-2-3-4-5-6-7-8-9-10-11-14-17-15-12-13-16-17;;;/h12-13,15-16H,2-11,14H2,1H3;2*1H;/q-1;;;+3/p-2. The van der Waals surface area contributed by atoms with Gasteiger partial charge in [0.25, 0.3) is 0 Å². The summed E-state index contributed by atoms with van der Waals surface area (Å²) in [6.45, 7) is 2.28. The van der Waals surface area contributed by atoms with Gasteiger partial charge < -0.3 is 24.8 Å². The van der Waals surface area contributed by atoms with E-state index in [1.165, 1.54) is 76.2 Å². The van der Waals surface area contributed by atoms with Gasteiger partial charge in [-0.25, -0.2) is 12.1 Å². The number of hydrogen-bond donors (Lipinski definition) is 0. The number of rotatable bonds is 11. The Balaban J connectivity index is -0.000000963. The van der Waals surface area contributed by atoms with Gasteiger partial charge >= 0.3 is 26.2 Å². The maximum Gasteiger partial charge on any atom is 3.00 e. The molecule has 0 nitrogen and oxygen atoms in total. The summed E-state index contributed by atoms with van der Waals surface area (Å²) in [6, 6.07) is 8.78. The van der Waals surface area contributed by atoms with Crippen molar-refractivity contribution in [3.05, 3.63) is 29.8 Å². The van der Waals surface area contributed by atoms with Crippen molar-refractivity contribution in [2.24, 2.45) is 0 Å².